The standard InChI is InChI=1S/C10H20N2O/c1-7(2)12-10(13)8-3-5-9(11)6-4-8/h7-9H,3-6,11H2,1-2H3,(H,12,13). The van der Waals surface area contributed by atoms with Crippen LogP contribution in [0.2, 0.25) is 0 Å². The summed E-state index contributed by atoms with van der Waals surface area (Å²) < 4.78 is 0. The lowest BCUT2D eigenvalue weighted by Gasteiger charge is -2.25. The maximum Gasteiger partial charge on any atom is 0.223 e. The Kier molecular flexibility index (Phi) is 3.72. The quantitative estimate of drug-likeness (QED) is 0.673. The second kappa shape index (κ2) is 4.61. The van der Waals surface area contributed by atoms with E-state index >= 15 is 0 Å². The molecule has 3 nitrogen and oxygen atoms in total. The van der Waals surface area contributed by atoms with Crippen molar-refractivity contribution in [3.63, 3.8) is 0 Å². The lowest BCUT2D eigenvalue weighted by molar-refractivity contribution is -0.126. The van der Waals surface area contributed by atoms with Crippen molar-refractivity contribution >= 4 is 5.91 Å². The molecule has 0 saturated heterocycles. The highest BCUT2D eigenvalue weighted by Gasteiger charge is 2.24. The minimum absolute atomic E-state index is 0.210. The normalized spacial score (nSPS) is 28.9. The first-order valence-corrected chi connectivity index (χ1v) is 5.15. The first-order valence-electron chi connectivity index (χ1n) is 5.15. The van der Waals surface area contributed by atoms with E-state index in [0.717, 1.165) is 25.7 Å². The van der Waals surface area contributed by atoms with Crippen LogP contribution in [0.15, 0.2) is 0 Å². The van der Waals surface area contributed by atoms with Gasteiger partial charge in [-0.3, -0.25) is 4.79 Å². The van der Waals surface area contributed by atoms with Crippen LogP contribution in [-0.4, -0.2) is 18.0 Å². The number of nitrogens with two attached hydrogens (primary N) is 1. The average Bonchev–Trinajstić information content (AvgIpc) is 2.04. The predicted octanol–water partition coefficient (Wildman–Crippen LogP) is 1.03. The second-order valence-electron chi connectivity index (χ2n) is 4.27. The van der Waals surface area contributed by atoms with Gasteiger partial charge in [0.1, 0.15) is 0 Å². The molecular weight excluding hydrogens is 164 g/mol. The van der Waals surface area contributed by atoms with Gasteiger partial charge in [0.05, 0.1) is 0 Å². The van der Waals surface area contributed by atoms with Crippen molar-refractivity contribution in [2.75, 3.05) is 0 Å². The molecule has 0 radical (unpaired) electrons. The topological polar surface area (TPSA) is 55.1 Å². The van der Waals surface area contributed by atoms with Crippen LogP contribution in [0.4, 0.5) is 0 Å². The highest BCUT2D eigenvalue weighted by molar-refractivity contribution is 5.78. The van der Waals surface area contributed by atoms with Gasteiger partial charge in [-0.05, 0) is 39.5 Å². The van der Waals surface area contributed by atoms with Gasteiger partial charge >= 0.3 is 0 Å². The number of nitrogens with one attached hydrogen (secondary N) is 1. The third kappa shape index (κ3) is 3.35. The number of carbonyl (C=O) groups is 1. The Morgan fingerprint density at radius 3 is 2.31 bits per heavy atom. The summed E-state index contributed by atoms with van der Waals surface area (Å²) in [5.41, 5.74) is 5.77. The molecule has 0 aliphatic heterocycles. The molecule has 1 saturated carbocycles. The number of amides is 1. The Bertz CT molecular complexity index is 172. The Balaban J connectivity index is 2.31. The summed E-state index contributed by atoms with van der Waals surface area (Å²) in [4.78, 5) is 11.6. The minimum atomic E-state index is 0.210. The molecule has 0 unspecified atom stereocenters. The summed E-state index contributed by atoms with van der Waals surface area (Å²) in [5.74, 6) is 0.420. The SMILES string of the molecule is CC(C)NC(=O)C1CCC(N)CC1. The molecule has 0 atom stereocenters. The third-order valence-electron chi connectivity index (χ3n) is 2.57. The van der Waals surface area contributed by atoms with Crippen LogP contribution >= 0.6 is 0 Å². The van der Waals surface area contributed by atoms with E-state index in [0.29, 0.717) is 6.04 Å². The fraction of sp³-hybridized carbons (Fsp3) is 0.900. The summed E-state index contributed by atoms with van der Waals surface area (Å²) in [6, 6.07) is 0.575. The van der Waals surface area contributed by atoms with Gasteiger partial charge in [-0.25, -0.2) is 0 Å². The number of carbonyl (C=O) groups excluding carboxylic acids is 1. The maximum absolute atomic E-state index is 11.6. The maximum atomic E-state index is 11.6. The van der Waals surface area contributed by atoms with Gasteiger partial charge in [-0.1, -0.05) is 0 Å². The van der Waals surface area contributed by atoms with E-state index in [4.69, 9.17) is 5.73 Å². The molecule has 1 rings (SSSR count). The zero-order chi connectivity index (χ0) is 9.84. The Morgan fingerprint density at radius 2 is 1.85 bits per heavy atom. The fourth-order valence-corrected chi connectivity index (χ4v) is 1.78. The van der Waals surface area contributed by atoms with Gasteiger partial charge < -0.3 is 11.1 Å². The number of hydrogen-bond donors (Lipinski definition) is 2. The molecule has 3 heteroatoms. The molecule has 1 fully saturated rings. The first kappa shape index (κ1) is 10.5. The van der Waals surface area contributed by atoms with Crippen LogP contribution in [-0.2, 0) is 4.79 Å². The van der Waals surface area contributed by atoms with Crippen LogP contribution < -0.4 is 11.1 Å². The van der Waals surface area contributed by atoms with Crippen LogP contribution in [0.25, 0.3) is 0 Å². The Labute approximate surface area is 80.1 Å². The van der Waals surface area contributed by atoms with E-state index in [2.05, 4.69) is 5.32 Å². The van der Waals surface area contributed by atoms with E-state index in [1.807, 2.05) is 13.8 Å². The molecule has 76 valence electrons. The van der Waals surface area contributed by atoms with Crippen molar-refractivity contribution in [3.05, 3.63) is 0 Å². The summed E-state index contributed by atoms with van der Waals surface area (Å²) in [6.07, 6.45) is 3.91. The first-order chi connectivity index (χ1) is 6.09. The van der Waals surface area contributed by atoms with Crippen LogP contribution in [0, 0.1) is 5.92 Å². The molecule has 0 heterocycles. The summed E-state index contributed by atoms with van der Waals surface area (Å²) in [5, 5.41) is 2.95. The molecule has 1 aliphatic carbocycles. The van der Waals surface area contributed by atoms with Crippen LogP contribution in [0.3, 0.4) is 0 Å². The molecule has 0 spiro atoms. The van der Waals surface area contributed by atoms with Crippen molar-refractivity contribution < 1.29 is 4.79 Å². The summed E-state index contributed by atoms with van der Waals surface area (Å²) >= 11 is 0. The smallest absolute Gasteiger partial charge is 0.223 e. The number of hydrogen-bond acceptors (Lipinski definition) is 2. The molecule has 1 amide bonds. The van der Waals surface area contributed by atoms with Gasteiger partial charge in [-0.15, -0.1) is 0 Å². The van der Waals surface area contributed by atoms with Crippen molar-refractivity contribution in [2.45, 2.75) is 51.6 Å². The molecule has 1 aliphatic rings. The lowest BCUT2D eigenvalue weighted by Crippen LogP contribution is -2.39. The molecular formula is C10H20N2O. The summed E-state index contributed by atoms with van der Waals surface area (Å²) in [6.45, 7) is 3.99. The highest BCUT2D eigenvalue weighted by atomic mass is 16.1. The van der Waals surface area contributed by atoms with E-state index < -0.39 is 0 Å². The zero-order valence-electron chi connectivity index (χ0n) is 8.55. The minimum Gasteiger partial charge on any atom is -0.354 e. The molecule has 0 aromatic rings. The van der Waals surface area contributed by atoms with Crippen LogP contribution in [0.5, 0.6) is 0 Å². The van der Waals surface area contributed by atoms with E-state index in [1.54, 1.807) is 0 Å². The van der Waals surface area contributed by atoms with E-state index in [9.17, 15) is 4.79 Å². The fourth-order valence-electron chi connectivity index (χ4n) is 1.78. The van der Waals surface area contributed by atoms with Crippen molar-refractivity contribution in [1.82, 2.24) is 5.32 Å². The zero-order valence-corrected chi connectivity index (χ0v) is 8.55. The Morgan fingerprint density at radius 1 is 1.31 bits per heavy atom. The highest BCUT2D eigenvalue weighted by Crippen LogP contribution is 2.23. The van der Waals surface area contributed by atoms with Crippen molar-refractivity contribution in [3.8, 4) is 0 Å². The number of rotatable bonds is 2. The Hall–Kier alpha value is -0.570. The van der Waals surface area contributed by atoms with Crippen LogP contribution in [0.1, 0.15) is 39.5 Å². The van der Waals surface area contributed by atoms with Gasteiger partial charge in [-0.2, -0.15) is 0 Å². The monoisotopic (exact) mass is 184 g/mol. The largest absolute Gasteiger partial charge is 0.354 e. The molecule has 0 aromatic heterocycles. The molecule has 0 aromatic carbocycles. The van der Waals surface area contributed by atoms with Gasteiger partial charge in [0, 0.05) is 18.0 Å². The van der Waals surface area contributed by atoms with Gasteiger partial charge in [0.2, 0.25) is 5.91 Å². The third-order valence-corrected chi connectivity index (χ3v) is 2.57. The van der Waals surface area contributed by atoms with Gasteiger partial charge in [0.15, 0.2) is 0 Å². The summed E-state index contributed by atoms with van der Waals surface area (Å²) in [7, 11) is 0. The molecule has 0 bridgehead atoms. The average molecular weight is 184 g/mol. The van der Waals surface area contributed by atoms with Crippen molar-refractivity contribution in [1.29, 1.82) is 0 Å². The second-order valence-corrected chi connectivity index (χ2v) is 4.27. The van der Waals surface area contributed by atoms with Gasteiger partial charge in [0.25, 0.3) is 0 Å². The molecule has 13 heavy (non-hydrogen) atoms. The van der Waals surface area contributed by atoms with E-state index in [1.165, 1.54) is 0 Å². The molecule has 3 N–H and O–H groups in total. The predicted molar refractivity (Wildman–Crippen MR) is 53.2 cm³/mol. The van der Waals surface area contributed by atoms with E-state index in [-0.39, 0.29) is 17.9 Å². The van der Waals surface area contributed by atoms with Crippen molar-refractivity contribution in [2.24, 2.45) is 11.7 Å². The lowest BCUT2D eigenvalue weighted by atomic mass is 9.86.